The molecule has 0 fully saturated rings. The minimum Gasteiger partial charge on any atom is -0.462 e. The molecule has 3 unspecified atom stereocenters. The van der Waals surface area contributed by atoms with Crippen molar-refractivity contribution < 1.29 is 52.2 Å². The van der Waals surface area contributed by atoms with Crippen LogP contribution in [0.5, 0.6) is 0 Å². The summed E-state index contributed by atoms with van der Waals surface area (Å²) < 4.78 is 39.6. The van der Waals surface area contributed by atoms with Gasteiger partial charge in [-0.05, 0) is 70.6 Å². The van der Waals surface area contributed by atoms with Gasteiger partial charge in [0.15, 0.2) is 6.10 Å². The van der Waals surface area contributed by atoms with Gasteiger partial charge in [-0.2, -0.15) is 0 Å². The monoisotopic (exact) mass is 1040 g/mol. The molecule has 0 aromatic heterocycles. The van der Waals surface area contributed by atoms with E-state index in [1.54, 1.807) is 0 Å². The molecule has 3 atom stereocenters. The van der Waals surface area contributed by atoms with Crippen molar-refractivity contribution in [3.8, 4) is 0 Å². The average Bonchev–Trinajstić information content (AvgIpc) is 3.37. The predicted molar refractivity (Wildman–Crippen MR) is 298 cm³/mol. The maximum Gasteiger partial charge on any atom is 0.472 e. The molecule has 424 valence electrons. The van der Waals surface area contributed by atoms with Gasteiger partial charge in [-0.3, -0.25) is 23.4 Å². The Morgan fingerprint density at radius 2 is 0.639 bits per heavy atom. The first-order valence-electron chi connectivity index (χ1n) is 30.2. The fourth-order valence-electron chi connectivity index (χ4n) is 8.70. The lowest BCUT2D eigenvalue weighted by Gasteiger charge is -2.21. The third-order valence-corrected chi connectivity index (χ3v) is 14.3. The van der Waals surface area contributed by atoms with Crippen LogP contribution in [-0.2, 0) is 42.2 Å². The number of hydrogen-bond donors (Lipinski definition) is 2. The third-order valence-electron chi connectivity index (χ3n) is 13.3. The molecule has 0 bridgehead atoms. The molecule has 0 aliphatic heterocycles. The van der Waals surface area contributed by atoms with Crippen LogP contribution in [0.2, 0.25) is 0 Å². The zero-order valence-electron chi connectivity index (χ0n) is 46.9. The Morgan fingerprint density at radius 1 is 0.375 bits per heavy atom. The van der Waals surface area contributed by atoms with Crippen LogP contribution in [0.15, 0.2) is 24.3 Å². The Kier molecular flexibility index (Phi) is 53.6. The average molecular weight is 1040 g/mol. The molecule has 0 spiro atoms. The van der Waals surface area contributed by atoms with Gasteiger partial charge in [-0.25, -0.2) is 4.57 Å². The fourth-order valence-corrected chi connectivity index (χ4v) is 9.48. The number of rotatable bonds is 57. The van der Waals surface area contributed by atoms with E-state index in [0.717, 1.165) is 96.3 Å². The number of carbonyl (C=O) groups is 3. The Labute approximate surface area is 442 Å². The number of ether oxygens (including phenoxy) is 3. The van der Waals surface area contributed by atoms with Crippen LogP contribution in [0.3, 0.4) is 0 Å². The van der Waals surface area contributed by atoms with E-state index in [1.165, 1.54) is 148 Å². The molecule has 0 radical (unpaired) electrons. The molecule has 0 saturated heterocycles. The second-order valence-electron chi connectivity index (χ2n) is 20.5. The van der Waals surface area contributed by atoms with Crippen molar-refractivity contribution in [2.45, 2.75) is 315 Å². The zero-order chi connectivity index (χ0) is 52.7. The van der Waals surface area contributed by atoms with Crippen molar-refractivity contribution in [1.29, 1.82) is 0 Å². The number of hydrogen-bond acceptors (Lipinski definition) is 10. The molecule has 0 saturated carbocycles. The first-order chi connectivity index (χ1) is 35.2. The minimum absolute atomic E-state index is 0.162. The van der Waals surface area contributed by atoms with Crippen LogP contribution in [-0.4, -0.2) is 66.5 Å². The van der Waals surface area contributed by atoms with Crippen molar-refractivity contribution in [3.05, 3.63) is 24.3 Å². The molecular weight excluding hydrogens is 928 g/mol. The summed E-state index contributed by atoms with van der Waals surface area (Å²) >= 11 is 0. The summed E-state index contributed by atoms with van der Waals surface area (Å²) in [5.41, 5.74) is 0. The van der Waals surface area contributed by atoms with E-state index in [2.05, 4.69) is 45.1 Å². The number of unbranched alkanes of at least 4 members (excludes halogenated alkanes) is 36. The number of phosphoric acid groups is 1. The van der Waals surface area contributed by atoms with Gasteiger partial charge in [0.1, 0.15) is 12.7 Å². The van der Waals surface area contributed by atoms with Gasteiger partial charge in [0.05, 0.1) is 19.8 Å². The second kappa shape index (κ2) is 55.2. The molecule has 0 aliphatic carbocycles. The summed E-state index contributed by atoms with van der Waals surface area (Å²) in [4.78, 5) is 48.6. The molecule has 0 amide bonds. The quantitative estimate of drug-likeness (QED) is 0.0197. The highest BCUT2D eigenvalue weighted by Gasteiger charge is 2.28. The Balaban J connectivity index is 4.69. The number of phosphoric ester groups is 1. The summed E-state index contributed by atoms with van der Waals surface area (Å²) in [5, 5.41) is 9.82. The largest absolute Gasteiger partial charge is 0.472 e. The zero-order valence-corrected chi connectivity index (χ0v) is 47.8. The Morgan fingerprint density at radius 3 is 0.958 bits per heavy atom. The van der Waals surface area contributed by atoms with Crippen molar-refractivity contribution in [3.63, 3.8) is 0 Å². The molecule has 11 nitrogen and oxygen atoms in total. The van der Waals surface area contributed by atoms with E-state index in [0.29, 0.717) is 19.3 Å². The molecule has 12 heteroatoms. The number of aliphatic hydroxyl groups excluding tert-OH is 1. The van der Waals surface area contributed by atoms with Crippen molar-refractivity contribution in [2.24, 2.45) is 0 Å². The maximum absolute atomic E-state index is 12.9. The third kappa shape index (κ3) is 52.8. The Bertz CT molecular complexity index is 1310. The van der Waals surface area contributed by atoms with Crippen LogP contribution in [0.25, 0.3) is 0 Å². The summed E-state index contributed by atoms with van der Waals surface area (Å²) in [5.74, 6) is -1.46. The van der Waals surface area contributed by atoms with E-state index < -0.39 is 57.8 Å². The van der Waals surface area contributed by atoms with E-state index in [9.17, 15) is 28.9 Å². The normalized spacial score (nSPS) is 13.5. The van der Waals surface area contributed by atoms with Gasteiger partial charge >= 0.3 is 25.7 Å². The van der Waals surface area contributed by atoms with Gasteiger partial charge in [-0.15, -0.1) is 0 Å². The lowest BCUT2D eigenvalue weighted by molar-refractivity contribution is -0.161. The topological polar surface area (TPSA) is 155 Å². The van der Waals surface area contributed by atoms with E-state index >= 15 is 0 Å². The summed E-state index contributed by atoms with van der Waals surface area (Å²) in [6.45, 7) is 4.67. The van der Waals surface area contributed by atoms with E-state index in [1.807, 2.05) is 0 Å². The molecule has 0 heterocycles. The lowest BCUT2D eigenvalue weighted by atomic mass is 10.0. The smallest absolute Gasteiger partial charge is 0.462 e. The first-order valence-corrected chi connectivity index (χ1v) is 31.7. The number of aliphatic hydroxyl groups is 1. The summed E-state index contributed by atoms with van der Waals surface area (Å²) in [7, 11) is -4.75. The van der Waals surface area contributed by atoms with Gasteiger partial charge in [0.2, 0.25) is 0 Å². The van der Waals surface area contributed by atoms with Gasteiger partial charge in [-0.1, -0.05) is 238 Å². The van der Waals surface area contributed by atoms with Crippen molar-refractivity contribution >= 4 is 25.7 Å². The lowest BCUT2D eigenvalue weighted by Crippen LogP contribution is -2.30. The minimum atomic E-state index is -4.75. The fraction of sp³-hybridized carbons (Fsp3) is 0.883. The number of esters is 3. The highest BCUT2D eigenvalue weighted by Crippen LogP contribution is 2.43. The van der Waals surface area contributed by atoms with Gasteiger partial charge in [0, 0.05) is 19.3 Å². The highest BCUT2D eigenvalue weighted by molar-refractivity contribution is 7.47. The Hall–Kier alpha value is -2.04. The summed E-state index contributed by atoms with van der Waals surface area (Å²) in [6, 6.07) is 0. The van der Waals surface area contributed by atoms with Crippen molar-refractivity contribution in [1.82, 2.24) is 0 Å². The first kappa shape index (κ1) is 70.0. The predicted octanol–water partition coefficient (Wildman–Crippen LogP) is 17.8. The molecular formula is C60H113O11P. The van der Waals surface area contributed by atoms with Gasteiger partial charge < -0.3 is 24.2 Å². The molecule has 2 N–H and O–H groups in total. The van der Waals surface area contributed by atoms with E-state index in [4.69, 9.17) is 23.3 Å². The molecule has 0 aromatic carbocycles. The van der Waals surface area contributed by atoms with Gasteiger partial charge in [0.25, 0.3) is 0 Å². The molecule has 0 aliphatic rings. The van der Waals surface area contributed by atoms with Crippen LogP contribution in [0.4, 0.5) is 0 Å². The SMILES string of the molecule is CCCCCCCC/C=C\CCCCCCCC(=O)OC(CO)COP(=O)(O)OCC(COC(=O)CCCCCCCCCCCCCCCCC)OC(=O)CCCCCCC/C=C\CCCCCCCC. The second-order valence-corrected chi connectivity index (χ2v) is 22.0. The summed E-state index contributed by atoms with van der Waals surface area (Å²) in [6.07, 6.45) is 55.5. The highest BCUT2D eigenvalue weighted by atomic mass is 31.2. The molecule has 0 rings (SSSR count). The van der Waals surface area contributed by atoms with Crippen molar-refractivity contribution in [2.75, 3.05) is 26.4 Å². The maximum atomic E-state index is 12.9. The number of carbonyl (C=O) groups excluding carboxylic acids is 3. The number of allylic oxidation sites excluding steroid dienone is 4. The van der Waals surface area contributed by atoms with E-state index in [-0.39, 0.29) is 25.9 Å². The molecule has 0 aromatic rings. The van der Waals surface area contributed by atoms with Crippen LogP contribution < -0.4 is 0 Å². The van der Waals surface area contributed by atoms with Crippen LogP contribution in [0, 0.1) is 0 Å². The van der Waals surface area contributed by atoms with Crippen LogP contribution in [0.1, 0.15) is 303 Å². The standard InChI is InChI=1S/C60H113O11P/c1-4-7-10-13-16-19-22-25-28-31-34-37-40-43-46-49-58(62)67-53-57(71-60(64)51-48-45-42-39-36-33-30-27-24-21-18-15-12-9-6-3)55-69-72(65,66)68-54-56(52-61)70-59(63)50-47-44-41-38-35-32-29-26-23-20-17-14-11-8-5-2/h26-27,29-30,56-57,61H,4-25,28,31-55H2,1-3H3,(H,65,66)/b29-26-,30-27-. The van der Waals surface area contributed by atoms with Crippen LogP contribution >= 0.6 is 7.82 Å². The molecule has 72 heavy (non-hydrogen) atoms.